The molecule has 9 nitrogen and oxygen atoms in total. The van der Waals surface area contributed by atoms with Crippen LogP contribution in [0, 0.1) is 17.1 Å². The molecule has 5 rings (SSSR count). The fourth-order valence-corrected chi connectivity index (χ4v) is 5.01. The standard InChI is InChI=1S/C26H25FN6O3/c1-16-13-33(26(21-9-10-36-30-21)17-3-5-18(27)6-4-17)20(15-34)14-32(16)23-11-24(35)31(2)22-8-7-19(12-28)29-25(22)23/h3-11,16,20,26,34H,13-15H2,1-2H3/t16-,20-,26?/m0/s1. The highest BCUT2D eigenvalue weighted by atomic mass is 19.1. The van der Waals surface area contributed by atoms with Gasteiger partial charge < -0.3 is 19.1 Å². The number of hydrogen-bond donors (Lipinski definition) is 1. The Hall–Kier alpha value is -4.07. The molecule has 10 heteroatoms. The van der Waals surface area contributed by atoms with Crippen molar-refractivity contribution in [2.75, 3.05) is 24.6 Å². The number of aromatic nitrogens is 3. The van der Waals surface area contributed by atoms with Crippen molar-refractivity contribution >= 4 is 16.7 Å². The van der Waals surface area contributed by atoms with Gasteiger partial charge in [0.25, 0.3) is 5.56 Å². The SMILES string of the molecule is C[C@H]1CN(C(c2ccc(F)cc2)c2ccon2)[C@H](CO)CN1c1cc(=O)n(C)c2ccc(C#N)nc12. The average molecular weight is 489 g/mol. The lowest BCUT2D eigenvalue weighted by molar-refractivity contribution is 0.0702. The summed E-state index contributed by atoms with van der Waals surface area (Å²) in [4.78, 5) is 21.5. The van der Waals surface area contributed by atoms with Crippen LogP contribution in [0.3, 0.4) is 0 Å². The lowest BCUT2D eigenvalue weighted by Crippen LogP contribution is -2.60. The molecule has 1 unspecified atom stereocenters. The van der Waals surface area contributed by atoms with Crippen molar-refractivity contribution in [3.63, 3.8) is 0 Å². The highest BCUT2D eigenvalue weighted by Gasteiger charge is 2.38. The Bertz CT molecular complexity index is 1480. The molecular formula is C26H25FN6O3. The van der Waals surface area contributed by atoms with Crippen LogP contribution >= 0.6 is 0 Å². The maximum atomic E-state index is 13.7. The predicted octanol–water partition coefficient (Wildman–Crippen LogP) is 2.59. The van der Waals surface area contributed by atoms with Crippen LogP contribution in [0.4, 0.5) is 10.1 Å². The average Bonchev–Trinajstić information content (AvgIpc) is 3.42. The number of halogens is 1. The molecule has 0 aliphatic carbocycles. The van der Waals surface area contributed by atoms with Crippen molar-refractivity contribution in [1.82, 2.24) is 19.6 Å². The number of nitrogens with zero attached hydrogens (tertiary/aromatic N) is 6. The normalized spacial score (nSPS) is 19.4. The summed E-state index contributed by atoms with van der Waals surface area (Å²) in [7, 11) is 1.67. The number of piperazine rings is 1. The van der Waals surface area contributed by atoms with Crippen LogP contribution < -0.4 is 10.5 Å². The summed E-state index contributed by atoms with van der Waals surface area (Å²) in [6, 6.07) is 14.1. The number of hydrogen-bond acceptors (Lipinski definition) is 8. The quantitative estimate of drug-likeness (QED) is 0.456. The fraction of sp³-hybridized carbons (Fsp3) is 0.308. The number of nitriles is 1. The molecule has 1 aromatic carbocycles. The molecule has 4 heterocycles. The maximum absolute atomic E-state index is 13.7. The lowest BCUT2D eigenvalue weighted by atomic mass is 9.96. The number of rotatable bonds is 5. The summed E-state index contributed by atoms with van der Waals surface area (Å²) in [6.07, 6.45) is 1.49. The van der Waals surface area contributed by atoms with E-state index >= 15 is 0 Å². The van der Waals surface area contributed by atoms with Crippen LogP contribution in [0.5, 0.6) is 0 Å². The molecular weight excluding hydrogens is 463 g/mol. The van der Waals surface area contributed by atoms with Gasteiger partial charge in [0.1, 0.15) is 35.1 Å². The Labute approximate surface area is 206 Å². The Morgan fingerprint density at radius 3 is 2.67 bits per heavy atom. The molecule has 36 heavy (non-hydrogen) atoms. The number of aryl methyl sites for hydroxylation is 1. The van der Waals surface area contributed by atoms with E-state index in [0.29, 0.717) is 35.5 Å². The molecule has 0 bridgehead atoms. The van der Waals surface area contributed by atoms with E-state index in [2.05, 4.69) is 26.0 Å². The van der Waals surface area contributed by atoms with E-state index in [1.54, 1.807) is 37.4 Å². The number of aliphatic hydroxyl groups is 1. The Morgan fingerprint density at radius 2 is 2.00 bits per heavy atom. The van der Waals surface area contributed by atoms with E-state index in [1.807, 2.05) is 6.92 Å². The van der Waals surface area contributed by atoms with Crippen molar-refractivity contribution in [1.29, 1.82) is 5.26 Å². The van der Waals surface area contributed by atoms with Crippen LogP contribution in [-0.2, 0) is 7.05 Å². The summed E-state index contributed by atoms with van der Waals surface area (Å²) >= 11 is 0. The van der Waals surface area contributed by atoms with Crippen LogP contribution in [0.15, 0.2) is 64.1 Å². The third-order valence-corrected chi connectivity index (χ3v) is 6.84. The number of pyridine rings is 2. The number of benzene rings is 1. The summed E-state index contributed by atoms with van der Waals surface area (Å²) in [6.45, 7) is 2.78. The van der Waals surface area contributed by atoms with Gasteiger partial charge in [-0.2, -0.15) is 5.26 Å². The van der Waals surface area contributed by atoms with Gasteiger partial charge in [-0.25, -0.2) is 9.37 Å². The Balaban J connectivity index is 1.57. The number of fused-ring (bicyclic) bond motifs is 1. The third-order valence-electron chi connectivity index (χ3n) is 6.84. The van der Waals surface area contributed by atoms with E-state index in [4.69, 9.17) is 4.52 Å². The van der Waals surface area contributed by atoms with Crippen molar-refractivity contribution < 1.29 is 14.0 Å². The van der Waals surface area contributed by atoms with Gasteiger partial charge in [0.15, 0.2) is 0 Å². The minimum absolute atomic E-state index is 0.0921. The molecule has 3 aromatic heterocycles. The van der Waals surface area contributed by atoms with Crippen molar-refractivity contribution in [2.45, 2.75) is 25.0 Å². The molecule has 3 atom stereocenters. The highest BCUT2D eigenvalue weighted by Crippen LogP contribution is 2.35. The van der Waals surface area contributed by atoms with E-state index in [-0.39, 0.29) is 41.8 Å². The van der Waals surface area contributed by atoms with Crippen molar-refractivity contribution in [2.24, 2.45) is 7.05 Å². The van der Waals surface area contributed by atoms with E-state index in [1.165, 1.54) is 29.0 Å². The maximum Gasteiger partial charge on any atom is 0.252 e. The molecule has 1 saturated heterocycles. The molecule has 0 radical (unpaired) electrons. The first-order valence-electron chi connectivity index (χ1n) is 11.6. The molecule has 1 aliphatic heterocycles. The second-order valence-electron chi connectivity index (χ2n) is 9.02. The first kappa shape index (κ1) is 23.7. The molecule has 0 saturated carbocycles. The molecule has 184 valence electrons. The summed E-state index contributed by atoms with van der Waals surface area (Å²) in [5.41, 5.74) is 3.35. The fourth-order valence-electron chi connectivity index (χ4n) is 5.01. The number of aliphatic hydroxyl groups excluding tert-OH is 1. The summed E-state index contributed by atoms with van der Waals surface area (Å²) in [5, 5.41) is 24.0. The van der Waals surface area contributed by atoms with Gasteiger partial charge in [0.2, 0.25) is 0 Å². The summed E-state index contributed by atoms with van der Waals surface area (Å²) < 4.78 is 20.3. The first-order chi connectivity index (χ1) is 17.4. The molecule has 1 fully saturated rings. The van der Waals surface area contributed by atoms with Crippen molar-refractivity contribution in [3.05, 3.63) is 87.9 Å². The zero-order valence-electron chi connectivity index (χ0n) is 19.9. The van der Waals surface area contributed by atoms with Gasteiger partial charge in [0, 0.05) is 38.3 Å². The predicted molar refractivity (Wildman–Crippen MR) is 131 cm³/mol. The summed E-state index contributed by atoms with van der Waals surface area (Å²) in [5.74, 6) is -0.337. The van der Waals surface area contributed by atoms with Gasteiger partial charge in [-0.1, -0.05) is 17.3 Å². The van der Waals surface area contributed by atoms with Gasteiger partial charge in [0.05, 0.1) is 29.9 Å². The monoisotopic (exact) mass is 488 g/mol. The van der Waals surface area contributed by atoms with Gasteiger partial charge in [-0.05, 0) is 36.8 Å². The third kappa shape index (κ3) is 4.12. The molecule has 1 N–H and O–H groups in total. The second kappa shape index (κ2) is 9.53. The van der Waals surface area contributed by atoms with Gasteiger partial charge in [-0.3, -0.25) is 9.69 Å². The van der Waals surface area contributed by atoms with Gasteiger partial charge >= 0.3 is 0 Å². The van der Waals surface area contributed by atoms with Crippen LogP contribution in [0.1, 0.15) is 29.9 Å². The van der Waals surface area contributed by atoms with E-state index in [9.17, 15) is 19.6 Å². The van der Waals surface area contributed by atoms with E-state index in [0.717, 1.165) is 5.56 Å². The van der Waals surface area contributed by atoms with Crippen LogP contribution in [0.25, 0.3) is 11.0 Å². The largest absolute Gasteiger partial charge is 0.395 e. The van der Waals surface area contributed by atoms with Crippen molar-refractivity contribution in [3.8, 4) is 6.07 Å². The highest BCUT2D eigenvalue weighted by molar-refractivity contribution is 5.89. The first-order valence-corrected chi connectivity index (χ1v) is 11.6. The van der Waals surface area contributed by atoms with Gasteiger partial charge in [-0.15, -0.1) is 0 Å². The minimum Gasteiger partial charge on any atom is -0.395 e. The zero-order chi connectivity index (χ0) is 25.4. The Morgan fingerprint density at radius 1 is 1.22 bits per heavy atom. The smallest absolute Gasteiger partial charge is 0.252 e. The molecule has 0 amide bonds. The molecule has 1 aliphatic rings. The second-order valence-corrected chi connectivity index (χ2v) is 9.02. The molecule has 0 spiro atoms. The van der Waals surface area contributed by atoms with Crippen LogP contribution in [-0.4, -0.2) is 56.5 Å². The molecule has 4 aromatic rings. The zero-order valence-corrected chi connectivity index (χ0v) is 19.9. The minimum atomic E-state index is -0.366. The van der Waals surface area contributed by atoms with E-state index < -0.39 is 0 Å². The lowest BCUT2D eigenvalue weighted by Gasteiger charge is -2.48. The topological polar surface area (TPSA) is 111 Å². The number of anilines is 1. The Kier molecular flexibility index (Phi) is 6.26. The van der Waals surface area contributed by atoms with Crippen LogP contribution in [0.2, 0.25) is 0 Å².